The molecular weight excluding hydrogens is 269 g/mol. The lowest BCUT2D eigenvalue weighted by Crippen LogP contribution is -2.11. The van der Waals surface area contributed by atoms with Gasteiger partial charge in [0.05, 0.1) is 17.8 Å². The zero-order valence-corrected chi connectivity index (χ0v) is 10.9. The normalized spacial score (nSPS) is 10.1. The molecule has 3 nitrogen and oxygen atoms in total. The van der Waals surface area contributed by atoms with Crippen LogP contribution >= 0.6 is 11.6 Å². The van der Waals surface area contributed by atoms with Gasteiger partial charge in [-0.2, -0.15) is 0 Å². The van der Waals surface area contributed by atoms with Crippen LogP contribution in [0.5, 0.6) is 0 Å². The first kappa shape index (κ1) is 13.4. The molecule has 0 unspecified atom stereocenters. The van der Waals surface area contributed by atoms with Gasteiger partial charge in [-0.15, -0.1) is 0 Å². The first-order valence-electron chi connectivity index (χ1n) is 5.51. The summed E-state index contributed by atoms with van der Waals surface area (Å²) < 4.78 is 17.7. The number of carbonyl (C=O) groups is 1. The van der Waals surface area contributed by atoms with Crippen molar-refractivity contribution in [2.75, 3.05) is 12.4 Å². The van der Waals surface area contributed by atoms with Gasteiger partial charge in [0.25, 0.3) is 0 Å². The molecule has 2 rings (SSSR count). The molecule has 0 aromatic heterocycles. The van der Waals surface area contributed by atoms with Crippen molar-refractivity contribution in [3.8, 4) is 11.1 Å². The van der Waals surface area contributed by atoms with E-state index in [2.05, 4.69) is 10.1 Å². The molecule has 0 bridgehead atoms. The second-order valence-electron chi connectivity index (χ2n) is 3.79. The lowest BCUT2D eigenvalue weighted by atomic mass is 10.0. The highest BCUT2D eigenvalue weighted by molar-refractivity contribution is 6.31. The van der Waals surface area contributed by atoms with Gasteiger partial charge < -0.3 is 4.74 Å². The molecule has 2 aromatic rings. The Morgan fingerprint density at radius 1 is 1.26 bits per heavy atom. The molecule has 98 valence electrons. The second-order valence-corrected chi connectivity index (χ2v) is 4.20. The van der Waals surface area contributed by atoms with Gasteiger partial charge in [0.1, 0.15) is 5.82 Å². The van der Waals surface area contributed by atoms with Crippen LogP contribution in [0.1, 0.15) is 0 Å². The molecule has 1 N–H and O–H groups in total. The summed E-state index contributed by atoms with van der Waals surface area (Å²) >= 11 is 5.76. The largest absolute Gasteiger partial charge is 0.453 e. The van der Waals surface area contributed by atoms with Gasteiger partial charge in [-0.25, -0.2) is 9.18 Å². The molecule has 19 heavy (non-hydrogen) atoms. The zero-order chi connectivity index (χ0) is 13.8. The molecule has 0 fully saturated rings. The van der Waals surface area contributed by atoms with Crippen molar-refractivity contribution in [3.05, 3.63) is 53.3 Å². The number of benzene rings is 2. The van der Waals surface area contributed by atoms with E-state index in [9.17, 15) is 9.18 Å². The lowest BCUT2D eigenvalue weighted by Gasteiger charge is -2.10. The fourth-order valence-electron chi connectivity index (χ4n) is 1.67. The first-order chi connectivity index (χ1) is 9.11. The minimum atomic E-state index is -0.569. The lowest BCUT2D eigenvalue weighted by molar-refractivity contribution is 0.187. The summed E-state index contributed by atoms with van der Waals surface area (Å²) in [7, 11) is 1.28. The quantitative estimate of drug-likeness (QED) is 0.889. The van der Waals surface area contributed by atoms with E-state index in [4.69, 9.17) is 11.6 Å². The van der Waals surface area contributed by atoms with Gasteiger partial charge in [0, 0.05) is 5.56 Å². The Bertz CT molecular complexity index is 616. The Labute approximate surface area is 115 Å². The van der Waals surface area contributed by atoms with Crippen molar-refractivity contribution < 1.29 is 13.9 Å². The molecule has 0 aliphatic heterocycles. The molecule has 2 aromatic carbocycles. The van der Waals surface area contributed by atoms with Gasteiger partial charge in [-0.3, -0.25) is 5.32 Å². The van der Waals surface area contributed by atoms with Gasteiger partial charge in [-0.05, 0) is 23.8 Å². The van der Waals surface area contributed by atoms with Crippen LogP contribution in [0.25, 0.3) is 11.1 Å². The number of carbonyl (C=O) groups excluding carboxylic acids is 1. The van der Waals surface area contributed by atoms with E-state index in [1.54, 1.807) is 24.3 Å². The summed E-state index contributed by atoms with van der Waals surface area (Å²) in [5.41, 5.74) is 2.00. The van der Waals surface area contributed by atoms with E-state index in [1.165, 1.54) is 19.2 Å². The average molecular weight is 280 g/mol. The predicted octanol–water partition coefficient (Wildman–Crippen LogP) is 4.32. The SMILES string of the molecule is COC(=O)Nc1ccccc1-c1ccc(F)c(Cl)c1. The van der Waals surface area contributed by atoms with Crippen LogP contribution in [0.2, 0.25) is 5.02 Å². The van der Waals surface area contributed by atoms with Gasteiger partial charge in [-0.1, -0.05) is 35.9 Å². The molecular formula is C14H11ClFNO2. The Hall–Kier alpha value is -2.07. The molecule has 0 atom stereocenters. The maximum absolute atomic E-state index is 13.2. The van der Waals surface area contributed by atoms with Crippen LogP contribution in [-0.2, 0) is 4.74 Å². The highest BCUT2D eigenvalue weighted by Gasteiger charge is 2.09. The number of para-hydroxylation sites is 1. The van der Waals surface area contributed by atoms with Crippen LogP contribution in [0.15, 0.2) is 42.5 Å². The van der Waals surface area contributed by atoms with Crippen molar-refractivity contribution >= 4 is 23.4 Å². The van der Waals surface area contributed by atoms with E-state index in [1.807, 2.05) is 6.07 Å². The van der Waals surface area contributed by atoms with Crippen molar-refractivity contribution in [1.29, 1.82) is 0 Å². The maximum atomic E-state index is 13.2. The third-order valence-corrected chi connectivity index (χ3v) is 2.87. The Balaban J connectivity index is 2.43. The molecule has 0 aliphatic carbocycles. The van der Waals surface area contributed by atoms with Gasteiger partial charge in [0.2, 0.25) is 0 Å². The predicted molar refractivity (Wildman–Crippen MR) is 72.9 cm³/mol. The van der Waals surface area contributed by atoms with Crippen LogP contribution in [0.4, 0.5) is 14.9 Å². The monoisotopic (exact) mass is 279 g/mol. The molecule has 0 saturated carbocycles. The second kappa shape index (κ2) is 5.71. The molecule has 0 heterocycles. The zero-order valence-electron chi connectivity index (χ0n) is 10.1. The maximum Gasteiger partial charge on any atom is 0.411 e. The minimum absolute atomic E-state index is 0.0328. The summed E-state index contributed by atoms with van der Waals surface area (Å²) in [6.45, 7) is 0. The fraction of sp³-hybridized carbons (Fsp3) is 0.0714. The third-order valence-electron chi connectivity index (χ3n) is 2.58. The highest BCUT2D eigenvalue weighted by Crippen LogP contribution is 2.30. The number of nitrogens with one attached hydrogen (secondary N) is 1. The summed E-state index contributed by atoms with van der Waals surface area (Å²) in [4.78, 5) is 11.3. The number of anilines is 1. The van der Waals surface area contributed by atoms with Crippen LogP contribution in [0.3, 0.4) is 0 Å². The summed E-state index contributed by atoms with van der Waals surface area (Å²) in [5, 5.41) is 2.63. The number of methoxy groups -OCH3 is 1. The number of amides is 1. The van der Waals surface area contributed by atoms with Crippen LogP contribution in [0, 0.1) is 5.82 Å². The molecule has 1 amide bonds. The molecule has 0 radical (unpaired) electrons. The van der Waals surface area contributed by atoms with E-state index in [-0.39, 0.29) is 5.02 Å². The van der Waals surface area contributed by atoms with Gasteiger partial charge in [0.15, 0.2) is 0 Å². The molecule has 0 spiro atoms. The Morgan fingerprint density at radius 3 is 2.68 bits per heavy atom. The summed E-state index contributed by atoms with van der Waals surface area (Å²) in [6, 6.07) is 11.5. The number of hydrogen-bond donors (Lipinski definition) is 1. The number of ether oxygens (including phenoxy) is 1. The van der Waals surface area contributed by atoms with Crippen molar-refractivity contribution in [2.24, 2.45) is 0 Å². The summed E-state index contributed by atoms with van der Waals surface area (Å²) in [5.74, 6) is -0.483. The Morgan fingerprint density at radius 2 is 2.00 bits per heavy atom. The van der Waals surface area contributed by atoms with Crippen molar-refractivity contribution in [2.45, 2.75) is 0 Å². The Kier molecular flexibility index (Phi) is 4.02. The number of hydrogen-bond acceptors (Lipinski definition) is 2. The molecule has 0 aliphatic rings. The fourth-order valence-corrected chi connectivity index (χ4v) is 1.85. The molecule has 5 heteroatoms. The van der Waals surface area contributed by atoms with E-state index in [0.717, 1.165) is 5.56 Å². The van der Waals surface area contributed by atoms with Crippen LogP contribution in [-0.4, -0.2) is 13.2 Å². The van der Waals surface area contributed by atoms with E-state index in [0.29, 0.717) is 11.3 Å². The van der Waals surface area contributed by atoms with Crippen LogP contribution < -0.4 is 5.32 Å². The van der Waals surface area contributed by atoms with Gasteiger partial charge >= 0.3 is 6.09 Å². The first-order valence-corrected chi connectivity index (χ1v) is 5.89. The topological polar surface area (TPSA) is 38.3 Å². The van der Waals surface area contributed by atoms with Crippen molar-refractivity contribution in [3.63, 3.8) is 0 Å². The van der Waals surface area contributed by atoms with Crippen molar-refractivity contribution in [1.82, 2.24) is 0 Å². The standard InChI is InChI=1S/C14H11ClFNO2/c1-19-14(18)17-13-5-3-2-4-10(13)9-6-7-12(16)11(15)8-9/h2-8H,1H3,(H,17,18). The highest BCUT2D eigenvalue weighted by atomic mass is 35.5. The number of halogens is 2. The smallest absolute Gasteiger partial charge is 0.411 e. The molecule has 0 saturated heterocycles. The summed E-state index contributed by atoms with van der Waals surface area (Å²) in [6.07, 6.45) is -0.569. The van der Waals surface area contributed by atoms with E-state index >= 15 is 0 Å². The average Bonchev–Trinajstić information content (AvgIpc) is 2.42. The van der Waals surface area contributed by atoms with E-state index < -0.39 is 11.9 Å². The number of rotatable bonds is 2. The third kappa shape index (κ3) is 3.03. The minimum Gasteiger partial charge on any atom is -0.453 e.